The number of hydrogen-bond donors (Lipinski definition) is 1. The lowest BCUT2D eigenvalue weighted by Crippen LogP contribution is -2.19. The van der Waals surface area contributed by atoms with Crippen LogP contribution in [0.1, 0.15) is 53.5 Å². The first-order valence-corrected chi connectivity index (χ1v) is 11.0. The van der Waals surface area contributed by atoms with Crippen LogP contribution in [0.5, 0.6) is 0 Å². The molecule has 1 aromatic carbocycles. The van der Waals surface area contributed by atoms with Crippen molar-refractivity contribution in [2.45, 2.75) is 46.5 Å². The summed E-state index contributed by atoms with van der Waals surface area (Å²) >= 11 is 0. The summed E-state index contributed by atoms with van der Waals surface area (Å²) in [4.78, 5) is 35.0. The molecule has 8 heteroatoms. The van der Waals surface area contributed by atoms with Crippen LogP contribution >= 0.6 is 0 Å². The Morgan fingerprint density at radius 1 is 1.03 bits per heavy atom. The minimum atomic E-state index is -0.0783. The van der Waals surface area contributed by atoms with E-state index >= 15 is 0 Å². The van der Waals surface area contributed by atoms with E-state index in [1.807, 2.05) is 24.6 Å². The topological polar surface area (TPSA) is 93.0 Å². The Morgan fingerprint density at radius 2 is 1.72 bits per heavy atom. The first kappa shape index (κ1) is 21.7. The molecule has 32 heavy (non-hydrogen) atoms. The van der Waals surface area contributed by atoms with Crippen molar-refractivity contribution in [1.82, 2.24) is 19.7 Å². The number of Topliss-reactive ketones (excluding diaryl/α,β-unsaturated/α-hetero) is 1. The number of aromatic nitrogens is 4. The molecule has 1 amide bonds. The maximum atomic E-state index is 12.5. The molecule has 166 valence electrons. The molecule has 1 fully saturated rings. The van der Waals surface area contributed by atoms with Gasteiger partial charge in [0.05, 0.1) is 5.69 Å². The van der Waals surface area contributed by atoms with E-state index in [0.29, 0.717) is 24.1 Å². The molecule has 8 nitrogen and oxygen atoms in total. The van der Waals surface area contributed by atoms with E-state index in [4.69, 9.17) is 0 Å². The third-order valence-corrected chi connectivity index (χ3v) is 5.90. The van der Waals surface area contributed by atoms with E-state index in [0.717, 1.165) is 41.7 Å². The summed E-state index contributed by atoms with van der Waals surface area (Å²) < 4.78 is 1.84. The first-order chi connectivity index (χ1) is 15.4. The van der Waals surface area contributed by atoms with Crippen molar-refractivity contribution in [2.24, 2.45) is 0 Å². The zero-order chi connectivity index (χ0) is 22.7. The van der Waals surface area contributed by atoms with Crippen LogP contribution in [0.3, 0.4) is 0 Å². The summed E-state index contributed by atoms with van der Waals surface area (Å²) in [5, 5.41) is 7.57. The summed E-state index contributed by atoms with van der Waals surface area (Å²) in [5.41, 5.74) is 4.22. The van der Waals surface area contributed by atoms with Crippen molar-refractivity contribution in [1.29, 1.82) is 0 Å². The number of nitrogens with one attached hydrogen (secondary N) is 1. The predicted molar refractivity (Wildman–Crippen MR) is 123 cm³/mol. The molecular formula is C24H28N6O2. The number of anilines is 2. The number of aryl methyl sites for hydroxylation is 1. The number of amides is 1. The molecule has 0 saturated carbocycles. The highest BCUT2D eigenvalue weighted by atomic mass is 16.1. The van der Waals surface area contributed by atoms with E-state index in [1.165, 1.54) is 19.8 Å². The van der Waals surface area contributed by atoms with Crippen LogP contribution in [0, 0.1) is 13.8 Å². The lowest BCUT2D eigenvalue weighted by Gasteiger charge is -2.16. The highest BCUT2D eigenvalue weighted by Gasteiger charge is 2.18. The molecule has 0 radical (unpaired) electrons. The van der Waals surface area contributed by atoms with Crippen LogP contribution in [0.4, 0.5) is 11.5 Å². The Kier molecular flexibility index (Phi) is 6.30. The zero-order valence-corrected chi connectivity index (χ0v) is 18.8. The van der Waals surface area contributed by atoms with Gasteiger partial charge in [-0.15, -0.1) is 0 Å². The van der Waals surface area contributed by atoms with Gasteiger partial charge < -0.3 is 10.2 Å². The van der Waals surface area contributed by atoms with Crippen LogP contribution < -0.4 is 10.2 Å². The summed E-state index contributed by atoms with van der Waals surface area (Å²) in [7, 11) is 0. The Balaban J connectivity index is 1.43. The molecule has 0 aliphatic carbocycles. The smallest absolute Gasteiger partial charge is 0.224 e. The maximum absolute atomic E-state index is 12.5. The van der Waals surface area contributed by atoms with Gasteiger partial charge in [-0.25, -0.2) is 14.6 Å². The fourth-order valence-electron chi connectivity index (χ4n) is 4.08. The van der Waals surface area contributed by atoms with E-state index in [2.05, 4.69) is 25.3 Å². The molecule has 0 spiro atoms. The molecule has 4 rings (SSSR count). The standard InChI is InChI=1S/C24H28N6O2/c1-16-21(10-11-24(32)27-20-8-6-19(7-9-20)18(3)31)17(2)30(28-16)23-14-22(25-15-26-23)29-12-4-5-13-29/h6-9,14-15H,4-5,10-13H2,1-3H3,(H,27,32). The summed E-state index contributed by atoms with van der Waals surface area (Å²) in [6.45, 7) is 7.52. The van der Waals surface area contributed by atoms with Gasteiger partial charge in [-0.2, -0.15) is 5.10 Å². The van der Waals surface area contributed by atoms with Gasteiger partial charge in [0.1, 0.15) is 12.1 Å². The number of benzene rings is 1. The van der Waals surface area contributed by atoms with E-state index in [-0.39, 0.29) is 11.7 Å². The van der Waals surface area contributed by atoms with Gasteiger partial charge in [0.15, 0.2) is 11.6 Å². The summed E-state index contributed by atoms with van der Waals surface area (Å²) in [6, 6.07) is 8.90. The van der Waals surface area contributed by atoms with Crippen molar-refractivity contribution >= 4 is 23.2 Å². The van der Waals surface area contributed by atoms with Crippen molar-refractivity contribution < 1.29 is 9.59 Å². The average molecular weight is 433 g/mol. The normalized spacial score (nSPS) is 13.4. The molecular weight excluding hydrogens is 404 g/mol. The third kappa shape index (κ3) is 4.69. The van der Waals surface area contributed by atoms with E-state index in [9.17, 15) is 9.59 Å². The second-order valence-electron chi connectivity index (χ2n) is 8.17. The van der Waals surface area contributed by atoms with E-state index < -0.39 is 0 Å². The quantitative estimate of drug-likeness (QED) is 0.573. The van der Waals surface area contributed by atoms with Crippen LogP contribution in [0.2, 0.25) is 0 Å². The fraction of sp³-hybridized carbons (Fsp3) is 0.375. The molecule has 1 saturated heterocycles. The van der Waals surface area contributed by atoms with Crippen molar-refractivity contribution in [3.8, 4) is 5.82 Å². The Labute approximate surface area is 187 Å². The summed E-state index contributed by atoms with van der Waals surface area (Å²) in [5.74, 6) is 1.59. The van der Waals surface area contributed by atoms with Crippen molar-refractivity contribution in [3.63, 3.8) is 0 Å². The maximum Gasteiger partial charge on any atom is 0.224 e. The molecule has 1 aliphatic heterocycles. The largest absolute Gasteiger partial charge is 0.356 e. The number of carbonyl (C=O) groups is 2. The molecule has 1 N–H and O–H groups in total. The zero-order valence-electron chi connectivity index (χ0n) is 18.8. The van der Waals surface area contributed by atoms with Crippen LogP contribution in [-0.4, -0.2) is 44.5 Å². The predicted octanol–water partition coefficient (Wildman–Crippen LogP) is 3.65. The van der Waals surface area contributed by atoms with Gasteiger partial charge in [-0.3, -0.25) is 9.59 Å². The van der Waals surface area contributed by atoms with Gasteiger partial charge in [0, 0.05) is 42.5 Å². The number of rotatable bonds is 7. The molecule has 0 unspecified atom stereocenters. The number of ketones is 1. The lowest BCUT2D eigenvalue weighted by atomic mass is 10.1. The number of hydrogen-bond acceptors (Lipinski definition) is 6. The summed E-state index contributed by atoms with van der Waals surface area (Å²) in [6.07, 6.45) is 4.88. The average Bonchev–Trinajstić information content (AvgIpc) is 3.41. The molecule has 0 atom stereocenters. The van der Waals surface area contributed by atoms with Gasteiger partial charge in [-0.05, 0) is 69.9 Å². The van der Waals surface area contributed by atoms with Crippen LogP contribution in [0.15, 0.2) is 36.7 Å². The first-order valence-electron chi connectivity index (χ1n) is 11.0. The van der Waals surface area contributed by atoms with E-state index in [1.54, 1.807) is 30.6 Å². The lowest BCUT2D eigenvalue weighted by molar-refractivity contribution is -0.116. The Hall–Kier alpha value is -3.55. The second-order valence-corrected chi connectivity index (χ2v) is 8.17. The minimum Gasteiger partial charge on any atom is -0.356 e. The Morgan fingerprint density at radius 3 is 2.41 bits per heavy atom. The monoisotopic (exact) mass is 432 g/mol. The van der Waals surface area contributed by atoms with Crippen LogP contribution in [0.25, 0.3) is 5.82 Å². The van der Waals surface area contributed by atoms with Gasteiger partial charge >= 0.3 is 0 Å². The van der Waals surface area contributed by atoms with Crippen molar-refractivity contribution in [2.75, 3.05) is 23.3 Å². The van der Waals surface area contributed by atoms with Gasteiger partial charge in [0.2, 0.25) is 5.91 Å². The minimum absolute atomic E-state index is 0.00192. The van der Waals surface area contributed by atoms with Gasteiger partial charge in [0.25, 0.3) is 0 Å². The SMILES string of the molecule is CC(=O)c1ccc(NC(=O)CCc2c(C)nn(-c3cc(N4CCCC4)ncn3)c2C)cc1. The molecule has 3 heterocycles. The Bertz CT molecular complexity index is 1130. The highest BCUT2D eigenvalue weighted by molar-refractivity contribution is 5.95. The fourth-order valence-corrected chi connectivity index (χ4v) is 4.08. The molecule has 0 bridgehead atoms. The molecule has 1 aliphatic rings. The number of carbonyl (C=O) groups excluding carboxylic acids is 2. The third-order valence-electron chi connectivity index (χ3n) is 5.90. The highest BCUT2D eigenvalue weighted by Crippen LogP contribution is 2.22. The number of nitrogens with zero attached hydrogens (tertiary/aromatic N) is 5. The van der Waals surface area contributed by atoms with Crippen molar-refractivity contribution in [3.05, 3.63) is 59.2 Å². The molecule has 3 aromatic rings. The molecule has 2 aromatic heterocycles. The second kappa shape index (κ2) is 9.30. The van der Waals surface area contributed by atoms with Gasteiger partial charge in [-0.1, -0.05) is 0 Å². The van der Waals surface area contributed by atoms with Crippen LogP contribution in [-0.2, 0) is 11.2 Å².